The van der Waals surface area contributed by atoms with Crippen LogP contribution in [0.15, 0.2) is 22.9 Å². The van der Waals surface area contributed by atoms with E-state index in [0.717, 1.165) is 10.7 Å². The molecule has 0 aliphatic carbocycles. The molecule has 1 aromatic heterocycles. The molecule has 0 amide bonds. The smallest absolute Gasteiger partial charge is 0.157 e. The second-order valence-electron chi connectivity index (χ2n) is 3.63. The Morgan fingerprint density at radius 3 is 2.62 bits per heavy atom. The zero-order valence-corrected chi connectivity index (χ0v) is 11.4. The van der Waals surface area contributed by atoms with Gasteiger partial charge < -0.3 is 0 Å². The van der Waals surface area contributed by atoms with Gasteiger partial charge >= 0.3 is 0 Å². The minimum absolute atomic E-state index is 0.0840. The SMILES string of the molecule is CC(C(=O)Cc1cncc(Br)c1)S(C)(=O)=O. The lowest BCUT2D eigenvalue weighted by Crippen LogP contribution is -2.27. The summed E-state index contributed by atoms with van der Waals surface area (Å²) >= 11 is 3.24. The van der Waals surface area contributed by atoms with Gasteiger partial charge in [-0.3, -0.25) is 9.78 Å². The summed E-state index contributed by atoms with van der Waals surface area (Å²) < 4.78 is 23.1. The third-order valence-electron chi connectivity index (χ3n) is 2.24. The van der Waals surface area contributed by atoms with E-state index in [-0.39, 0.29) is 12.2 Å². The Hall–Kier alpha value is -0.750. The summed E-state index contributed by atoms with van der Waals surface area (Å²) in [6, 6.07) is 1.75. The highest BCUT2D eigenvalue weighted by molar-refractivity contribution is 9.10. The lowest BCUT2D eigenvalue weighted by atomic mass is 10.1. The zero-order valence-electron chi connectivity index (χ0n) is 8.97. The van der Waals surface area contributed by atoms with Crippen LogP contribution < -0.4 is 0 Å². The number of hydrogen-bond acceptors (Lipinski definition) is 4. The summed E-state index contributed by atoms with van der Waals surface area (Å²) in [6.07, 6.45) is 4.31. The number of aromatic nitrogens is 1. The van der Waals surface area contributed by atoms with Crippen molar-refractivity contribution in [3.05, 3.63) is 28.5 Å². The fourth-order valence-corrected chi connectivity index (χ4v) is 2.11. The largest absolute Gasteiger partial charge is 0.298 e. The fourth-order valence-electron chi connectivity index (χ4n) is 1.14. The van der Waals surface area contributed by atoms with Gasteiger partial charge in [-0.1, -0.05) is 0 Å². The molecule has 88 valence electrons. The molecule has 1 aromatic rings. The van der Waals surface area contributed by atoms with Crippen LogP contribution in [-0.2, 0) is 21.1 Å². The Kier molecular flexibility index (Phi) is 4.21. The summed E-state index contributed by atoms with van der Waals surface area (Å²) in [5.74, 6) is -0.317. The van der Waals surface area contributed by atoms with Gasteiger partial charge in [0.15, 0.2) is 15.6 Å². The topological polar surface area (TPSA) is 64.1 Å². The van der Waals surface area contributed by atoms with Crippen LogP contribution >= 0.6 is 15.9 Å². The van der Waals surface area contributed by atoms with Gasteiger partial charge in [0, 0.05) is 29.5 Å². The molecular formula is C10H12BrNO3S. The Bertz CT molecular complexity index is 499. The molecule has 1 heterocycles. The number of pyridine rings is 1. The van der Waals surface area contributed by atoms with Crippen LogP contribution in [0.2, 0.25) is 0 Å². The summed E-state index contributed by atoms with van der Waals surface area (Å²) in [5.41, 5.74) is 0.704. The van der Waals surface area contributed by atoms with E-state index in [0.29, 0.717) is 5.56 Å². The molecule has 0 spiro atoms. The summed E-state index contributed by atoms with van der Waals surface area (Å²) in [4.78, 5) is 15.6. The van der Waals surface area contributed by atoms with Gasteiger partial charge in [-0.15, -0.1) is 0 Å². The average Bonchev–Trinajstić information content (AvgIpc) is 2.15. The van der Waals surface area contributed by atoms with Crippen molar-refractivity contribution in [1.29, 1.82) is 0 Å². The molecule has 4 nitrogen and oxygen atoms in total. The van der Waals surface area contributed by atoms with E-state index < -0.39 is 15.1 Å². The number of carbonyl (C=O) groups excluding carboxylic acids is 1. The Labute approximate surface area is 103 Å². The van der Waals surface area contributed by atoms with Gasteiger partial charge in [0.2, 0.25) is 0 Å². The fraction of sp³-hybridized carbons (Fsp3) is 0.400. The van der Waals surface area contributed by atoms with Crippen molar-refractivity contribution in [2.24, 2.45) is 0 Å². The average molecular weight is 306 g/mol. The monoisotopic (exact) mass is 305 g/mol. The number of halogens is 1. The minimum Gasteiger partial charge on any atom is -0.298 e. The van der Waals surface area contributed by atoms with Crippen LogP contribution in [-0.4, -0.2) is 30.7 Å². The van der Waals surface area contributed by atoms with E-state index >= 15 is 0 Å². The molecule has 0 N–H and O–H groups in total. The van der Waals surface area contributed by atoms with Crippen LogP contribution in [0.5, 0.6) is 0 Å². The molecule has 0 radical (unpaired) electrons. The number of ketones is 1. The number of carbonyl (C=O) groups is 1. The van der Waals surface area contributed by atoms with Crippen LogP contribution in [0.3, 0.4) is 0 Å². The molecule has 1 rings (SSSR count). The van der Waals surface area contributed by atoms with Crippen molar-refractivity contribution in [1.82, 2.24) is 4.98 Å². The second kappa shape index (κ2) is 5.05. The molecule has 0 fully saturated rings. The third kappa shape index (κ3) is 3.68. The maximum atomic E-state index is 11.6. The third-order valence-corrected chi connectivity index (χ3v) is 4.22. The number of hydrogen-bond donors (Lipinski definition) is 0. The predicted octanol–water partition coefficient (Wildman–Crippen LogP) is 1.39. The van der Waals surface area contributed by atoms with E-state index in [2.05, 4.69) is 20.9 Å². The first-order valence-electron chi connectivity index (χ1n) is 4.61. The van der Waals surface area contributed by atoms with Gasteiger partial charge in [0.05, 0.1) is 0 Å². The maximum Gasteiger partial charge on any atom is 0.157 e. The maximum absolute atomic E-state index is 11.6. The summed E-state index contributed by atoms with van der Waals surface area (Å²) in [5, 5.41) is -0.966. The summed E-state index contributed by atoms with van der Waals surface area (Å²) in [7, 11) is -3.31. The van der Waals surface area contributed by atoms with Crippen LogP contribution in [0.1, 0.15) is 12.5 Å². The van der Waals surface area contributed by atoms with Crippen molar-refractivity contribution < 1.29 is 13.2 Å². The molecule has 0 saturated carbocycles. The Morgan fingerprint density at radius 2 is 2.12 bits per heavy atom. The van der Waals surface area contributed by atoms with Gasteiger partial charge in [0.1, 0.15) is 5.25 Å². The van der Waals surface area contributed by atoms with Crippen LogP contribution in [0.25, 0.3) is 0 Å². The molecule has 16 heavy (non-hydrogen) atoms. The van der Waals surface area contributed by atoms with Crippen molar-refractivity contribution in [3.63, 3.8) is 0 Å². The molecule has 1 unspecified atom stereocenters. The van der Waals surface area contributed by atoms with Crippen LogP contribution in [0.4, 0.5) is 0 Å². The zero-order chi connectivity index (χ0) is 12.3. The number of sulfone groups is 1. The van der Waals surface area contributed by atoms with Crippen molar-refractivity contribution >= 4 is 31.6 Å². The van der Waals surface area contributed by atoms with Gasteiger partial charge in [-0.2, -0.15) is 0 Å². The standard InChI is InChI=1S/C10H12BrNO3S/c1-7(16(2,14)15)10(13)4-8-3-9(11)6-12-5-8/h3,5-7H,4H2,1-2H3. The van der Waals surface area contributed by atoms with Crippen molar-refractivity contribution in [3.8, 4) is 0 Å². The number of nitrogens with zero attached hydrogens (tertiary/aromatic N) is 1. The van der Waals surface area contributed by atoms with Crippen molar-refractivity contribution in [2.45, 2.75) is 18.6 Å². The number of rotatable bonds is 4. The summed E-state index contributed by atoms with van der Waals surface area (Å²) in [6.45, 7) is 1.41. The molecular weight excluding hydrogens is 294 g/mol. The first-order chi connectivity index (χ1) is 7.30. The Morgan fingerprint density at radius 1 is 1.50 bits per heavy atom. The first-order valence-corrected chi connectivity index (χ1v) is 7.36. The molecule has 1 atom stereocenters. The number of Topliss-reactive ketones (excluding diaryl/α,β-unsaturated/α-hetero) is 1. The highest BCUT2D eigenvalue weighted by atomic mass is 79.9. The van der Waals surface area contributed by atoms with Crippen LogP contribution in [0, 0.1) is 0 Å². The lowest BCUT2D eigenvalue weighted by molar-refractivity contribution is -0.117. The van der Waals surface area contributed by atoms with E-state index in [1.54, 1.807) is 18.5 Å². The lowest BCUT2D eigenvalue weighted by Gasteiger charge is -2.07. The van der Waals surface area contributed by atoms with Gasteiger partial charge in [0.25, 0.3) is 0 Å². The Balaban J connectivity index is 2.80. The molecule has 6 heteroatoms. The molecule has 0 aliphatic heterocycles. The molecule has 0 saturated heterocycles. The molecule has 0 bridgehead atoms. The molecule has 0 aliphatic rings. The molecule has 0 aromatic carbocycles. The van der Waals surface area contributed by atoms with Crippen molar-refractivity contribution in [2.75, 3.05) is 6.26 Å². The minimum atomic E-state index is -3.31. The highest BCUT2D eigenvalue weighted by Gasteiger charge is 2.23. The quantitative estimate of drug-likeness (QED) is 0.843. The van der Waals surface area contributed by atoms with E-state index in [4.69, 9.17) is 0 Å². The highest BCUT2D eigenvalue weighted by Crippen LogP contribution is 2.12. The van der Waals surface area contributed by atoms with E-state index in [1.807, 2.05) is 0 Å². The normalized spacial score (nSPS) is 13.4. The van der Waals surface area contributed by atoms with E-state index in [1.165, 1.54) is 6.92 Å². The second-order valence-corrected chi connectivity index (χ2v) is 6.91. The van der Waals surface area contributed by atoms with Gasteiger partial charge in [-0.25, -0.2) is 8.42 Å². The van der Waals surface area contributed by atoms with Gasteiger partial charge in [-0.05, 0) is 34.5 Å². The first kappa shape index (κ1) is 13.3. The predicted molar refractivity (Wildman–Crippen MR) is 65.0 cm³/mol. The van der Waals surface area contributed by atoms with E-state index in [9.17, 15) is 13.2 Å².